The molecule has 3 rings (SSSR count). The van der Waals surface area contributed by atoms with E-state index in [2.05, 4.69) is 15.3 Å². The van der Waals surface area contributed by atoms with Crippen LogP contribution in [0.1, 0.15) is 30.1 Å². The van der Waals surface area contributed by atoms with Gasteiger partial charge in [0.2, 0.25) is 0 Å². The van der Waals surface area contributed by atoms with E-state index in [1.807, 2.05) is 11.6 Å². The Balaban J connectivity index is 1.58. The summed E-state index contributed by atoms with van der Waals surface area (Å²) in [6.45, 7) is 3.33. The van der Waals surface area contributed by atoms with Crippen LogP contribution in [0.4, 0.5) is 4.79 Å². The molecule has 2 aromatic heterocycles. The molecule has 0 aliphatic carbocycles. The van der Waals surface area contributed by atoms with Crippen LogP contribution in [-0.4, -0.2) is 57.2 Å². The minimum absolute atomic E-state index is 0.0441. The summed E-state index contributed by atoms with van der Waals surface area (Å²) in [4.78, 5) is 34.2. The smallest absolute Gasteiger partial charge is 0.409 e. The second-order valence-electron chi connectivity index (χ2n) is 5.86. The fraction of sp³-hybridized carbons (Fsp3) is 0.500. The number of aromatic nitrogens is 3. The van der Waals surface area contributed by atoms with Crippen LogP contribution >= 0.6 is 0 Å². The highest BCUT2D eigenvalue weighted by molar-refractivity contribution is 5.96. The SMILES string of the molecule is CCOC(=O)N1CCC(NC(=O)c2cnc3c(c2)ncn3C)CC1. The number of carbonyl (C=O) groups is 2. The molecule has 8 nitrogen and oxygen atoms in total. The zero-order valence-corrected chi connectivity index (χ0v) is 13.9. The van der Waals surface area contributed by atoms with Crippen molar-refractivity contribution < 1.29 is 14.3 Å². The van der Waals surface area contributed by atoms with Crippen LogP contribution in [0.25, 0.3) is 11.2 Å². The molecule has 0 saturated carbocycles. The van der Waals surface area contributed by atoms with Gasteiger partial charge in [-0.15, -0.1) is 0 Å². The maximum absolute atomic E-state index is 12.4. The first kappa shape index (κ1) is 16.2. The van der Waals surface area contributed by atoms with Crippen LogP contribution < -0.4 is 5.32 Å². The topological polar surface area (TPSA) is 89.3 Å². The van der Waals surface area contributed by atoms with E-state index < -0.39 is 0 Å². The van der Waals surface area contributed by atoms with Crippen molar-refractivity contribution in [2.45, 2.75) is 25.8 Å². The van der Waals surface area contributed by atoms with Crippen molar-refractivity contribution in [1.82, 2.24) is 24.8 Å². The Morgan fingerprint density at radius 2 is 2.08 bits per heavy atom. The molecule has 0 atom stereocenters. The lowest BCUT2D eigenvalue weighted by molar-refractivity contribution is 0.0860. The van der Waals surface area contributed by atoms with Gasteiger partial charge in [-0.05, 0) is 25.8 Å². The van der Waals surface area contributed by atoms with Crippen LogP contribution in [-0.2, 0) is 11.8 Å². The van der Waals surface area contributed by atoms with Gasteiger partial charge in [0.05, 0.1) is 18.5 Å². The van der Waals surface area contributed by atoms with Gasteiger partial charge < -0.3 is 19.5 Å². The molecule has 2 amide bonds. The molecule has 24 heavy (non-hydrogen) atoms. The van der Waals surface area contributed by atoms with Crippen molar-refractivity contribution in [2.75, 3.05) is 19.7 Å². The van der Waals surface area contributed by atoms with Crippen LogP contribution in [0, 0.1) is 0 Å². The van der Waals surface area contributed by atoms with Crippen LogP contribution in [0.2, 0.25) is 0 Å². The van der Waals surface area contributed by atoms with Gasteiger partial charge in [-0.1, -0.05) is 0 Å². The van der Waals surface area contributed by atoms with Crippen LogP contribution in [0.15, 0.2) is 18.6 Å². The van der Waals surface area contributed by atoms with E-state index in [0.717, 1.165) is 5.65 Å². The molecule has 1 aliphatic heterocycles. The Bertz CT molecular complexity index is 749. The molecule has 3 heterocycles. The predicted molar refractivity (Wildman–Crippen MR) is 87.6 cm³/mol. The Hall–Kier alpha value is -2.64. The van der Waals surface area contributed by atoms with E-state index in [1.165, 1.54) is 0 Å². The molecule has 2 aromatic rings. The molecule has 0 unspecified atom stereocenters. The van der Waals surface area contributed by atoms with Crippen molar-refractivity contribution >= 4 is 23.2 Å². The Labute approximate surface area is 139 Å². The minimum atomic E-state index is -0.285. The van der Waals surface area contributed by atoms with Gasteiger partial charge >= 0.3 is 6.09 Å². The molecule has 0 aromatic carbocycles. The second kappa shape index (κ2) is 6.86. The lowest BCUT2D eigenvalue weighted by Gasteiger charge is -2.31. The maximum atomic E-state index is 12.4. The van der Waals surface area contributed by atoms with Gasteiger partial charge in [0, 0.05) is 32.4 Å². The third kappa shape index (κ3) is 3.32. The first-order valence-electron chi connectivity index (χ1n) is 8.08. The third-order valence-electron chi connectivity index (χ3n) is 4.17. The molecule has 128 valence electrons. The molecule has 1 saturated heterocycles. The summed E-state index contributed by atoms with van der Waals surface area (Å²) < 4.78 is 6.80. The van der Waals surface area contributed by atoms with E-state index in [4.69, 9.17) is 4.74 Å². The molecule has 0 radical (unpaired) electrons. The summed E-state index contributed by atoms with van der Waals surface area (Å²) in [5.74, 6) is -0.162. The number of aryl methyl sites for hydroxylation is 1. The molecular formula is C16H21N5O3. The van der Waals surface area contributed by atoms with Gasteiger partial charge in [-0.25, -0.2) is 14.8 Å². The molecule has 0 bridgehead atoms. The highest BCUT2D eigenvalue weighted by Crippen LogP contribution is 2.14. The van der Waals surface area contributed by atoms with E-state index in [0.29, 0.717) is 43.6 Å². The third-order valence-corrected chi connectivity index (χ3v) is 4.17. The van der Waals surface area contributed by atoms with Gasteiger partial charge in [0.25, 0.3) is 5.91 Å². The highest BCUT2D eigenvalue weighted by Gasteiger charge is 2.25. The van der Waals surface area contributed by atoms with E-state index in [9.17, 15) is 9.59 Å². The summed E-state index contributed by atoms with van der Waals surface area (Å²) in [6, 6.07) is 1.79. The Kier molecular flexibility index (Phi) is 4.64. The number of carbonyl (C=O) groups excluding carboxylic acids is 2. The van der Waals surface area contributed by atoms with Gasteiger partial charge in [-0.2, -0.15) is 0 Å². The summed E-state index contributed by atoms with van der Waals surface area (Å²) >= 11 is 0. The van der Waals surface area contributed by atoms with E-state index in [1.54, 1.807) is 30.4 Å². The van der Waals surface area contributed by atoms with Crippen LogP contribution in [0.3, 0.4) is 0 Å². The fourth-order valence-corrected chi connectivity index (χ4v) is 2.83. The largest absolute Gasteiger partial charge is 0.450 e. The molecule has 1 fully saturated rings. The fourth-order valence-electron chi connectivity index (χ4n) is 2.83. The molecule has 8 heteroatoms. The normalized spacial score (nSPS) is 15.5. The number of nitrogens with one attached hydrogen (secondary N) is 1. The van der Waals surface area contributed by atoms with E-state index >= 15 is 0 Å². The number of ether oxygens (including phenoxy) is 1. The van der Waals surface area contributed by atoms with Crippen molar-refractivity contribution in [3.05, 3.63) is 24.2 Å². The first-order valence-corrected chi connectivity index (χ1v) is 8.08. The monoisotopic (exact) mass is 331 g/mol. The average Bonchev–Trinajstić information content (AvgIpc) is 2.96. The quantitative estimate of drug-likeness (QED) is 0.916. The Morgan fingerprint density at radius 1 is 1.33 bits per heavy atom. The van der Waals surface area contributed by atoms with Crippen molar-refractivity contribution in [3.63, 3.8) is 0 Å². The first-order chi connectivity index (χ1) is 11.6. The standard InChI is InChI=1S/C16H21N5O3/c1-3-24-16(23)21-6-4-12(5-7-21)19-15(22)11-8-13-14(17-9-11)20(2)10-18-13/h8-10,12H,3-7H2,1-2H3,(H,19,22). The number of imidazole rings is 1. The minimum Gasteiger partial charge on any atom is -0.450 e. The lowest BCUT2D eigenvalue weighted by atomic mass is 10.0. The number of nitrogens with zero attached hydrogens (tertiary/aromatic N) is 4. The van der Waals surface area contributed by atoms with Gasteiger partial charge in [0.1, 0.15) is 5.52 Å². The average molecular weight is 331 g/mol. The zero-order chi connectivity index (χ0) is 17.1. The predicted octanol–water partition coefficient (Wildman–Crippen LogP) is 1.32. The summed E-state index contributed by atoms with van der Waals surface area (Å²) in [6.07, 6.45) is 4.37. The summed E-state index contributed by atoms with van der Waals surface area (Å²) in [5, 5.41) is 3.01. The van der Waals surface area contributed by atoms with Crippen molar-refractivity contribution in [2.24, 2.45) is 7.05 Å². The van der Waals surface area contributed by atoms with Gasteiger partial charge in [0.15, 0.2) is 5.65 Å². The maximum Gasteiger partial charge on any atom is 0.409 e. The molecular weight excluding hydrogens is 310 g/mol. The lowest BCUT2D eigenvalue weighted by Crippen LogP contribution is -2.46. The number of hydrogen-bond donors (Lipinski definition) is 1. The zero-order valence-electron chi connectivity index (χ0n) is 13.9. The number of piperidine rings is 1. The second-order valence-corrected chi connectivity index (χ2v) is 5.86. The van der Waals surface area contributed by atoms with E-state index in [-0.39, 0.29) is 18.0 Å². The Morgan fingerprint density at radius 3 is 2.79 bits per heavy atom. The number of likely N-dealkylation sites (tertiary alicyclic amines) is 1. The number of rotatable bonds is 3. The highest BCUT2D eigenvalue weighted by atomic mass is 16.6. The van der Waals surface area contributed by atoms with Crippen molar-refractivity contribution in [3.8, 4) is 0 Å². The number of amides is 2. The van der Waals surface area contributed by atoms with Crippen LogP contribution in [0.5, 0.6) is 0 Å². The molecule has 1 aliphatic rings. The number of fused-ring (bicyclic) bond motifs is 1. The summed E-state index contributed by atoms with van der Waals surface area (Å²) in [7, 11) is 1.86. The molecule has 0 spiro atoms. The molecule has 1 N–H and O–H groups in total. The number of hydrogen-bond acceptors (Lipinski definition) is 5. The number of pyridine rings is 1. The van der Waals surface area contributed by atoms with Gasteiger partial charge in [-0.3, -0.25) is 4.79 Å². The van der Waals surface area contributed by atoms with Crippen molar-refractivity contribution in [1.29, 1.82) is 0 Å². The summed E-state index contributed by atoms with van der Waals surface area (Å²) in [5.41, 5.74) is 1.94.